The zero-order chi connectivity index (χ0) is 21.4. The molecule has 0 spiro atoms. The first-order chi connectivity index (χ1) is 13.8. The molecule has 0 saturated carbocycles. The molecule has 164 valence electrons. The van der Waals surface area contributed by atoms with Gasteiger partial charge in [0.15, 0.2) is 5.96 Å². The summed E-state index contributed by atoms with van der Waals surface area (Å²) in [6.45, 7) is 6.52. The number of sulfonamides is 1. The lowest BCUT2D eigenvalue weighted by atomic mass is 10.2. The Hall–Kier alpha value is -1.55. The van der Waals surface area contributed by atoms with Gasteiger partial charge in [-0.05, 0) is 26.0 Å². The Bertz CT molecular complexity index is 793. The van der Waals surface area contributed by atoms with E-state index in [4.69, 9.17) is 21.1 Å². The van der Waals surface area contributed by atoms with Crippen LogP contribution in [0.2, 0.25) is 5.02 Å². The smallest absolute Gasteiger partial charge is 0.216 e. The van der Waals surface area contributed by atoms with Gasteiger partial charge in [0.1, 0.15) is 5.75 Å². The van der Waals surface area contributed by atoms with E-state index in [2.05, 4.69) is 15.2 Å². The Balaban J connectivity index is 1.89. The monoisotopic (exact) mass is 446 g/mol. The van der Waals surface area contributed by atoms with Crippen molar-refractivity contribution in [3.8, 4) is 5.75 Å². The van der Waals surface area contributed by atoms with E-state index < -0.39 is 10.0 Å². The minimum atomic E-state index is -3.31. The van der Waals surface area contributed by atoms with Crippen LogP contribution in [0.25, 0.3) is 0 Å². The van der Waals surface area contributed by atoms with Crippen LogP contribution in [0.5, 0.6) is 5.75 Å². The summed E-state index contributed by atoms with van der Waals surface area (Å²) in [6, 6.07) is 5.50. The molecule has 0 aliphatic carbocycles. The number of nitrogens with one attached hydrogen (secondary N) is 1. The number of piperazine rings is 1. The predicted octanol–water partition coefficient (Wildman–Crippen LogP) is 1.80. The average Bonchev–Trinajstić information content (AvgIpc) is 2.69. The molecule has 0 radical (unpaired) electrons. The fourth-order valence-electron chi connectivity index (χ4n) is 3.07. The second kappa shape index (κ2) is 11.0. The normalized spacial score (nSPS) is 16.3. The third-order valence-corrected chi connectivity index (χ3v) is 6.69. The van der Waals surface area contributed by atoms with Crippen LogP contribution in [0, 0.1) is 0 Å². The number of hydrogen-bond acceptors (Lipinski definition) is 5. The summed E-state index contributed by atoms with van der Waals surface area (Å²) in [5.74, 6) is 1.44. The molecule has 1 N–H and O–H groups in total. The number of halogens is 1. The largest absolute Gasteiger partial charge is 0.496 e. The standard InChI is InChI=1S/C19H31ClN4O4S/c1-15(2)28-11-12-29(25,26)24-9-7-23(8-10-24)19(21-3)22-14-16-5-6-17(20)13-18(16)27-4/h5-6,13,15H,7-12,14H2,1-4H3,(H,21,22). The third-order valence-electron chi connectivity index (χ3n) is 4.62. The molecule has 1 heterocycles. The van der Waals surface area contributed by atoms with Crippen molar-refractivity contribution in [2.75, 3.05) is 52.7 Å². The molecular weight excluding hydrogens is 416 g/mol. The fourth-order valence-corrected chi connectivity index (χ4v) is 4.51. The Morgan fingerprint density at radius 3 is 2.55 bits per heavy atom. The number of nitrogens with zero attached hydrogens (tertiary/aromatic N) is 3. The van der Waals surface area contributed by atoms with Crippen LogP contribution >= 0.6 is 11.6 Å². The van der Waals surface area contributed by atoms with Crippen LogP contribution in [0.4, 0.5) is 0 Å². The first-order valence-corrected chi connectivity index (χ1v) is 11.6. The highest BCUT2D eigenvalue weighted by Crippen LogP contribution is 2.23. The van der Waals surface area contributed by atoms with Crippen LogP contribution in [0.1, 0.15) is 19.4 Å². The molecule has 1 fully saturated rings. The van der Waals surface area contributed by atoms with Crippen molar-refractivity contribution in [1.82, 2.24) is 14.5 Å². The Kier molecular flexibility index (Phi) is 9.01. The highest BCUT2D eigenvalue weighted by molar-refractivity contribution is 7.89. The van der Waals surface area contributed by atoms with Crippen LogP contribution in [0.3, 0.4) is 0 Å². The summed E-state index contributed by atoms with van der Waals surface area (Å²) in [7, 11) is 0.0122. The van der Waals surface area contributed by atoms with Crippen molar-refractivity contribution >= 4 is 27.6 Å². The van der Waals surface area contributed by atoms with Crippen molar-refractivity contribution in [2.45, 2.75) is 26.5 Å². The lowest BCUT2D eigenvalue weighted by molar-refractivity contribution is 0.0904. The minimum Gasteiger partial charge on any atom is -0.496 e. The SMILES string of the molecule is CN=C(NCc1ccc(Cl)cc1OC)N1CCN(S(=O)(=O)CCOC(C)C)CC1. The summed E-state index contributed by atoms with van der Waals surface area (Å²) in [5.41, 5.74) is 0.962. The van der Waals surface area contributed by atoms with Crippen molar-refractivity contribution in [2.24, 2.45) is 4.99 Å². The van der Waals surface area contributed by atoms with Crippen LogP contribution < -0.4 is 10.1 Å². The molecule has 8 nitrogen and oxygen atoms in total. The van der Waals surface area contributed by atoms with Gasteiger partial charge in [0.05, 0.1) is 25.6 Å². The van der Waals surface area contributed by atoms with Gasteiger partial charge in [0, 0.05) is 50.4 Å². The first kappa shape index (κ1) is 23.7. The van der Waals surface area contributed by atoms with Gasteiger partial charge in [0.2, 0.25) is 10.0 Å². The lowest BCUT2D eigenvalue weighted by Gasteiger charge is -2.35. The predicted molar refractivity (Wildman–Crippen MR) is 116 cm³/mol. The second-order valence-electron chi connectivity index (χ2n) is 6.98. The van der Waals surface area contributed by atoms with E-state index in [0.29, 0.717) is 43.5 Å². The number of ether oxygens (including phenoxy) is 2. The van der Waals surface area contributed by atoms with Gasteiger partial charge in [-0.1, -0.05) is 17.7 Å². The molecule has 0 amide bonds. The number of benzene rings is 1. The molecular formula is C19H31ClN4O4S. The third kappa shape index (κ3) is 7.02. The van der Waals surface area contributed by atoms with Gasteiger partial charge in [0.25, 0.3) is 0 Å². The molecule has 1 aromatic rings. The molecule has 10 heteroatoms. The highest BCUT2D eigenvalue weighted by Gasteiger charge is 2.28. The van der Waals surface area contributed by atoms with Crippen molar-refractivity contribution < 1.29 is 17.9 Å². The van der Waals surface area contributed by atoms with E-state index in [9.17, 15) is 8.42 Å². The van der Waals surface area contributed by atoms with Crippen molar-refractivity contribution in [3.63, 3.8) is 0 Å². The van der Waals surface area contributed by atoms with Crippen LogP contribution in [0.15, 0.2) is 23.2 Å². The van der Waals surface area contributed by atoms with E-state index in [1.165, 1.54) is 4.31 Å². The van der Waals surface area contributed by atoms with Gasteiger partial charge in [-0.25, -0.2) is 8.42 Å². The Morgan fingerprint density at radius 2 is 1.97 bits per heavy atom. The van der Waals surface area contributed by atoms with E-state index in [1.807, 2.05) is 26.0 Å². The molecule has 1 aliphatic rings. The van der Waals surface area contributed by atoms with E-state index in [1.54, 1.807) is 20.2 Å². The van der Waals surface area contributed by atoms with E-state index >= 15 is 0 Å². The van der Waals surface area contributed by atoms with Gasteiger partial charge < -0.3 is 19.7 Å². The Labute approximate surface area is 178 Å². The van der Waals surface area contributed by atoms with E-state index in [0.717, 1.165) is 11.5 Å². The molecule has 2 rings (SSSR count). The number of guanidine groups is 1. The fraction of sp³-hybridized carbons (Fsp3) is 0.632. The summed E-state index contributed by atoms with van der Waals surface area (Å²) in [4.78, 5) is 6.39. The molecule has 1 aromatic carbocycles. The maximum Gasteiger partial charge on any atom is 0.216 e. The zero-order valence-corrected chi connectivity index (χ0v) is 19.1. The molecule has 29 heavy (non-hydrogen) atoms. The van der Waals surface area contributed by atoms with E-state index in [-0.39, 0.29) is 18.5 Å². The number of rotatable bonds is 8. The molecule has 0 aromatic heterocycles. The maximum absolute atomic E-state index is 12.5. The zero-order valence-electron chi connectivity index (χ0n) is 17.5. The second-order valence-corrected chi connectivity index (χ2v) is 9.50. The molecule has 0 atom stereocenters. The maximum atomic E-state index is 12.5. The molecule has 1 saturated heterocycles. The molecule has 0 unspecified atom stereocenters. The van der Waals surface area contributed by atoms with Crippen LogP contribution in [-0.4, -0.2) is 82.4 Å². The van der Waals surface area contributed by atoms with Gasteiger partial charge >= 0.3 is 0 Å². The highest BCUT2D eigenvalue weighted by atomic mass is 35.5. The minimum absolute atomic E-state index is 0.00845. The average molecular weight is 447 g/mol. The topological polar surface area (TPSA) is 83.5 Å². The lowest BCUT2D eigenvalue weighted by Crippen LogP contribution is -2.54. The van der Waals surface area contributed by atoms with Gasteiger partial charge in [-0.2, -0.15) is 4.31 Å². The van der Waals surface area contributed by atoms with Gasteiger partial charge in [-0.15, -0.1) is 0 Å². The molecule has 0 bridgehead atoms. The number of methoxy groups -OCH3 is 1. The van der Waals surface area contributed by atoms with Crippen molar-refractivity contribution in [1.29, 1.82) is 0 Å². The van der Waals surface area contributed by atoms with Crippen LogP contribution in [-0.2, 0) is 21.3 Å². The number of hydrogen-bond donors (Lipinski definition) is 1. The summed E-state index contributed by atoms with van der Waals surface area (Å²) >= 11 is 6.01. The van der Waals surface area contributed by atoms with Crippen molar-refractivity contribution in [3.05, 3.63) is 28.8 Å². The summed E-state index contributed by atoms with van der Waals surface area (Å²) < 4.78 is 37.2. The quantitative estimate of drug-likeness (QED) is 0.484. The molecule has 1 aliphatic heterocycles. The Morgan fingerprint density at radius 1 is 1.28 bits per heavy atom. The van der Waals surface area contributed by atoms with Gasteiger partial charge in [-0.3, -0.25) is 4.99 Å². The summed E-state index contributed by atoms with van der Waals surface area (Å²) in [6.07, 6.45) is 0.0238. The first-order valence-electron chi connectivity index (χ1n) is 9.64. The summed E-state index contributed by atoms with van der Waals surface area (Å²) in [5, 5.41) is 3.93. The number of aliphatic imine (C=N–C) groups is 1.